The summed E-state index contributed by atoms with van der Waals surface area (Å²) < 4.78 is 42.7. The van der Waals surface area contributed by atoms with Gasteiger partial charge in [0.25, 0.3) is 5.56 Å². The second kappa shape index (κ2) is 7.26. The SMILES string of the molecule is CC(CCn1c(N2CCCC(N)C2)nc2c1c(=O)n(C)c(=O)n2C)C(F)(F)F. The Morgan fingerprint density at radius 3 is 2.54 bits per heavy atom. The first-order chi connectivity index (χ1) is 13.0. The number of rotatable bonds is 4. The molecule has 3 rings (SSSR count). The molecule has 1 fully saturated rings. The highest BCUT2D eigenvalue weighted by Crippen LogP contribution is 2.30. The Morgan fingerprint density at radius 1 is 1.25 bits per heavy atom. The second-order valence-electron chi connectivity index (χ2n) is 7.52. The van der Waals surface area contributed by atoms with E-state index in [0.29, 0.717) is 19.0 Å². The van der Waals surface area contributed by atoms with E-state index in [-0.39, 0.29) is 30.2 Å². The van der Waals surface area contributed by atoms with Crippen molar-refractivity contribution in [2.45, 2.75) is 44.9 Å². The standard InChI is InChI=1S/C17H25F3N6O2/c1-10(17(18,19)20)6-8-26-12-13(23(2)16(28)24(3)14(12)27)22-15(26)25-7-4-5-11(21)9-25/h10-11H,4-9,21H2,1-3H3. The lowest BCUT2D eigenvalue weighted by atomic mass is 10.1. The molecule has 0 bridgehead atoms. The van der Waals surface area contributed by atoms with Crippen molar-refractivity contribution >= 4 is 17.1 Å². The predicted octanol–water partition coefficient (Wildman–Crippen LogP) is 0.950. The highest BCUT2D eigenvalue weighted by molar-refractivity contribution is 5.74. The van der Waals surface area contributed by atoms with Gasteiger partial charge in [0.1, 0.15) is 0 Å². The van der Waals surface area contributed by atoms with Crippen molar-refractivity contribution in [3.63, 3.8) is 0 Å². The molecule has 28 heavy (non-hydrogen) atoms. The number of hydrogen-bond acceptors (Lipinski definition) is 5. The van der Waals surface area contributed by atoms with Crippen LogP contribution in [-0.4, -0.2) is 44.0 Å². The summed E-state index contributed by atoms with van der Waals surface area (Å²) in [5.41, 5.74) is 5.24. The molecule has 2 N–H and O–H groups in total. The molecule has 0 spiro atoms. The van der Waals surface area contributed by atoms with Crippen LogP contribution in [0.25, 0.3) is 11.2 Å². The first kappa shape index (κ1) is 20.4. The van der Waals surface area contributed by atoms with Crippen LogP contribution in [-0.2, 0) is 20.6 Å². The van der Waals surface area contributed by atoms with Gasteiger partial charge in [-0.25, -0.2) is 4.79 Å². The first-order valence-corrected chi connectivity index (χ1v) is 9.25. The number of piperidine rings is 1. The fourth-order valence-electron chi connectivity index (χ4n) is 3.57. The number of nitrogens with two attached hydrogens (primary N) is 1. The second-order valence-corrected chi connectivity index (χ2v) is 7.52. The number of aromatic nitrogens is 4. The van der Waals surface area contributed by atoms with Gasteiger partial charge in [-0.05, 0) is 19.3 Å². The Labute approximate surface area is 159 Å². The third-order valence-electron chi connectivity index (χ3n) is 5.41. The maximum absolute atomic E-state index is 13.0. The van der Waals surface area contributed by atoms with Crippen molar-refractivity contribution in [1.29, 1.82) is 0 Å². The molecule has 1 saturated heterocycles. The lowest BCUT2D eigenvalue weighted by Gasteiger charge is -2.32. The first-order valence-electron chi connectivity index (χ1n) is 9.25. The zero-order valence-electron chi connectivity index (χ0n) is 16.2. The topological polar surface area (TPSA) is 91.1 Å². The fraction of sp³-hybridized carbons (Fsp3) is 0.706. The molecule has 0 aromatic carbocycles. The van der Waals surface area contributed by atoms with Gasteiger partial charge < -0.3 is 15.2 Å². The van der Waals surface area contributed by atoms with Gasteiger partial charge in [-0.3, -0.25) is 13.9 Å². The minimum Gasteiger partial charge on any atom is -0.341 e. The Kier molecular flexibility index (Phi) is 5.30. The fourth-order valence-corrected chi connectivity index (χ4v) is 3.57. The Hall–Kier alpha value is -2.30. The summed E-state index contributed by atoms with van der Waals surface area (Å²) in [7, 11) is 2.84. The van der Waals surface area contributed by atoms with Gasteiger partial charge in [0.15, 0.2) is 11.2 Å². The summed E-state index contributed by atoms with van der Waals surface area (Å²) in [5.74, 6) is -1.14. The number of halogens is 3. The molecule has 0 amide bonds. The third kappa shape index (κ3) is 3.54. The predicted molar refractivity (Wildman–Crippen MR) is 99.5 cm³/mol. The van der Waals surface area contributed by atoms with Gasteiger partial charge in [0.2, 0.25) is 5.95 Å². The van der Waals surface area contributed by atoms with Crippen LogP contribution >= 0.6 is 0 Å². The Bertz CT molecular complexity index is 990. The maximum Gasteiger partial charge on any atom is 0.391 e. The maximum atomic E-state index is 13.0. The van der Waals surface area contributed by atoms with Crippen molar-refractivity contribution < 1.29 is 13.2 Å². The molecule has 2 atom stereocenters. The van der Waals surface area contributed by atoms with Crippen molar-refractivity contribution in [1.82, 2.24) is 18.7 Å². The Morgan fingerprint density at radius 2 is 1.93 bits per heavy atom. The van der Waals surface area contributed by atoms with Crippen molar-refractivity contribution in [2.75, 3.05) is 18.0 Å². The molecule has 2 unspecified atom stereocenters. The van der Waals surface area contributed by atoms with E-state index in [4.69, 9.17) is 5.73 Å². The van der Waals surface area contributed by atoms with Gasteiger partial charge in [0.05, 0.1) is 5.92 Å². The van der Waals surface area contributed by atoms with Gasteiger partial charge in [-0.1, -0.05) is 6.92 Å². The monoisotopic (exact) mass is 402 g/mol. The van der Waals surface area contributed by atoms with Crippen molar-refractivity contribution in [3.05, 3.63) is 20.8 Å². The normalized spacial score (nSPS) is 19.4. The van der Waals surface area contributed by atoms with Crippen LogP contribution in [0.15, 0.2) is 9.59 Å². The molecule has 1 aliphatic heterocycles. The van der Waals surface area contributed by atoms with Gasteiger partial charge in [-0.15, -0.1) is 0 Å². The average molecular weight is 402 g/mol. The summed E-state index contributed by atoms with van der Waals surface area (Å²) in [6, 6.07) is -0.0808. The van der Waals surface area contributed by atoms with Crippen LogP contribution in [0.1, 0.15) is 26.2 Å². The number of alkyl halides is 3. The average Bonchev–Trinajstić information content (AvgIpc) is 3.01. The molecule has 8 nitrogen and oxygen atoms in total. The van der Waals surface area contributed by atoms with Crippen LogP contribution in [0, 0.1) is 5.92 Å². The van der Waals surface area contributed by atoms with Crippen molar-refractivity contribution in [3.8, 4) is 0 Å². The smallest absolute Gasteiger partial charge is 0.341 e. The number of nitrogens with zero attached hydrogens (tertiary/aromatic N) is 5. The molecule has 0 aliphatic carbocycles. The summed E-state index contributed by atoms with van der Waals surface area (Å²) >= 11 is 0. The van der Waals surface area contributed by atoms with E-state index in [2.05, 4.69) is 4.98 Å². The third-order valence-corrected chi connectivity index (χ3v) is 5.41. The zero-order chi connectivity index (χ0) is 20.8. The van der Waals surface area contributed by atoms with E-state index in [1.807, 2.05) is 4.90 Å². The minimum atomic E-state index is -4.32. The highest BCUT2D eigenvalue weighted by Gasteiger charge is 2.36. The summed E-state index contributed by atoms with van der Waals surface area (Å²) in [6.07, 6.45) is -2.85. The molecule has 11 heteroatoms. The van der Waals surface area contributed by atoms with E-state index in [9.17, 15) is 22.8 Å². The molecule has 2 aromatic rings. The molecular weight excluding hydrogens is 377 g/mol. The van der Waals surface area contributed by atoms with Gasteiger partial charge >= 0.3 is 11.9 Å². The van der Waals surface area contributed by atoms with E-state index < -0.39 is 23.3 Å². The Balaban J connectivity index is 2.15. The number of fused-ring (bicyclic) bond motifs is 1. The van der Waals surface area contributed by atoms with Crippen LogP contribution in [0.3, 0.4) is 0 Å². The molecule has 1 aliphatic rings. The number of aryl methyl sites for hydroxylation is 2. The van der Waals surface area contributed by atoms with Gasteiger partial charge in [0, 0.05) is 39.8 Å². The zero-order valence-corrected chi connectivity index (χ0v) is 16.2. The minimum absolute atomic E-state index is 0.0360. The molecule has 0 saturated carbocycles. The number of anilines is 1. The van der Waals surface area contributed by atoms with Crippen LogP contribution in [0.5, 0.6) is 0 Å². The van der Waals surface area contributed by atoms with E-state index >= 15 is 0 Å². The molecule has 156 valence electrons. The van der Waals surface area contributed by atoms with E-state index in [1.165, 1.54) is 23.2 Å². The molecule has 3 heterocycles. The lowest BCUT2D eigenvalue weighted by Crippen LogP contribution is -2.44. The van der Waals surface area contributed by atoms with Crippen molar-refractivity contribution in [2.24, 2.45) is 25.7 Å². The largest absolute Gasteiger partial charge is 0.391 e. The molecule has 2 aromatic heterocycles. The summed E-state index contributed by atoms with van der Waals surface area (Å²) in [4.78, 5) is 31.4. The van der Waals surface area contributed by atoms with Crippen LogP contribution < -0.4 is 21.9 Å². The summed E-state index contributed by atoms with van der Waals surface area (Å²) in [6.45, 7) is 2.21. The van der Waals surface area contributed by atoms with Crippen LogP contribution in [0.2, 0.25) is 0 Å². The van der Waals surface area contributed by atoms with Gasteiger partial charge in [-0.2, -0.15) is 18.2 Å². The number of imidazole rings is 1. The van der Waals surface area contributed by atoms with E-state index in [0.717, 1.165) is 24.3 Å². The molecule has 0 radical (unpaired) electrons. The van der Waals surface area contributed by atoms with E-state index in [1.54, 1.807) is 0 Å². The summed E-state index contributed by atoms with van der Waals surface area (Å²) in [5, 5.41) is 0. The highest BCUT2D eigenvalue weighted by atomic mass is 19.4. The quantitative estimate of drug-likeness (QED) is 0.822. The van der Waals surface area contributed by atoms with Crippen LogP contribution in [0.4, 0.5) is 19.1 Å². The lowest BCUT2D eigenvalue weighted by molar-refractivity contribution is -0.171. The molecular formula is C17H25F3N6O2. The number of hydrogen-bond donors (Lipinski definition) is 1.